The molecule has 1 fully saturated rings. The van der Waals surface area contributed by atoms with Gasteiger partial charge in [-0.15, -0.1) is 0 Å². The van der Waals surface area contributed by atoms with Crippen molar-refractivity contribution >= 4 is 12.2 Å². The van der Waals surface area contributed by atoms with Crippen molar-refractivity contribution < 1.29 is 4.74 Å². The maximum atomic E-state index is 5.60. The van der Waals surface area contributed by atoms with E-state index in [2.05, 4.69) is 16.9 Å². The first kappa shape index (κ1) is 14.4. The summed E-state index contributed by atoms with van der Waals surface area (Å²) in [4.78, 5) is 2.33. The number of ether oxygens (including phenoxy) is 1. The molecular formula is C15H20N4OS. The van der Waals surface area contributed by atoms with E-state index in [1.165, 1.54) is 0 Å². The molecular weight excluding hydrogens is 284 g/mol. The molecule has 1 unspecified atom stereocenters. The molecule has 0 N–H and O–H groups in total. The van der Waals surface area contributed by atoms with Crippen LogP contribution in [0.15, 0.2) is 30.3 Å². The third-order valence-electron chi connectivity index (χ3n) is 3.67. The van der Waals surface area contributed by atoms with Crippen LogP contribution in [0.1, 0.15) is 12.7 Å². The van der Waals surface area contributed by atoms with E-state index in [0.29, 0.717) is 6.67 Å². The molecule has 2 aromatic rings. The van der Waals surface area contributed by atoms with Gasteiger partial charge in [-0.25, -0.2) is 4.68 Å². The Hall–Kier alpha value is -1.50. The van der Waals surface area contributed by atoms with Gasteiger partial charge in [-0.1, -0.05) is 18.2 Å². The Bertz CT molecular complexity index is 664. The van der Waals surface area contributed by atoms with Gasteiger partial charge in [0, 0.05) is 18.8 Å². The van der Waals surface area contributed by atoms with Crippen molar-refractivity contribution in [2.24, 2.45) is 0 Å². The van der Waals surface area contributed by atoms with Gasteiger partial charge in [-0.2, -0.15) is 5.10 Å². The zero-order valence-corrected chi connectivity index (χ0v) is 13.2. The molecule has 112 valence electrons. The summed E-state index contributed by atoms with van der Waals surface area (Å²) < 4.78 is 10.2. The maximum absolute atomic E-state index is 5.60. The van der Waals surface area contributed by atoms with Crippen LogP contribution in [0.5, 0.6) is 0 Å². The molecule has 0 saturated carbocycles. The lowest BCUT2D eigenvalue weighted by atomic mass is 10.3. The van der Waals surface area contributed by atoms with Crippen molar-refractivity contribution in [1.29, 1.82) is 0 Å². The number of aromatic nitrogens is 3. The molecule has 6 heteroatoms. The van der Waals surface area contributed by atoms with Crippen molar-refractivity contribution in [3.05, 3.63) is 40.9 Å². The first-order chi connectivity index (χ1) is 10.1. The fourth-order valence-corrected chi connectivity index (χ4v) is 3.03. The first-order valence-electron chi connectivity index (χ1n) is 7.21. The van der Waals surface area contributed by atoms with E-state index >= 15 is 0 Å². The minimum absolute atomic E-state index is 0.269. The smallest absolute Gasteiger partial charge is 0.203 e. The summed E-state index contributed by atoms with van der Waals surface area (Å²) in [6.45, 7) is 7.41. The van der Waals surface area contributed by atoms with E-state index in [1.54, 1.807) is 0 Å². The number of rotatable bonds is 3. The topological polar surface area (TPSA) is 35.2 Å². The lowest BCUT2D eigenvalue weighted by Gasteiger charge is -2.30. The van der Waals surface area contributed by atoms with Crippen molar-refractivity contribution in [2.45, 2.75) is 26.6 Å². The number of benzene rings is 1. The molecule has 1 saturated heterocycles. The van der Waals surface area contributed by atoms with Crippen molar-refractivity contribution in [3.8, 4) is 5.69 Å². The summed E-state index contributed by atoms with van der Waals surface area (Å²) in [5, 5.41) is 4.60. The molecule has 0 amide bonds. The van der Waals surface area contributed by atoms with Crippen LogP contribution in [0, 0.1) is 11.7 Å². The number of nitrogens with zero attached hydrogens (tertiary/aromatic N) is 4. The number of hydrogen-bond donors (Lipinski definition) is 0. The van der Waals surface area contributed by atoms with E-state index in [9.17, 15) is 0 Å². The number of para-hydroxylation sites is 1. The molecule has 1 aliphatic heterocycles. The third kappa shape index (κ3) is 3.07. The van der Waals surface area contributed by atoms with Gasteiger partial charge in [-0.05, 0) is 38.2 Å². The van der Waals surface area contributed by atoms with E-state index in [4.69, 9.17) is 17.0 Å². The Balaban J connectivity index is 1.86. The Morgan fingerprint density at radius 3 is 2.81 bits per heavy atom. The average Bonchev–Trinajstić information content (AvgIpc) is 2.74. The Labute approximate surface area is 129 Å². The fourth-order valence-electron chi connectivity index (χ4n) is 2.69. The predicted octanol–water partition coefficient (Wildman–Crippen LogP) is 2.39. The van der Waals surface area contributed by atoms with Crippen LogP contribution in [0.4, 0.5) is 0 Å². The summed E-state index contributed by atoms with van der Waals surface area (Å²) in [6, 6.07) is 10.1. The van der Waals surface area contributed by atoms with Gasteiger partial charge in [0.1, 0.15) is 5.82 Å². The first-order valence-corrected chi connectivity index (χ1v) is 7.62. The molecule has 21 heavy (non-hydrogen) atoms. The second-order valence-electron chi connectivity index (χ2n) is 5.40. The van der Waals surface area contributed by atoms with Gasteiger partial charge in [0.05, 0.1) is 19.4 Å². The van der Waals surface area contributed by atoms with Crippen LogP contribution < -0.4 is 0 Å². The van der Waals surface area contributed by atoms with Crippen LogP contribution >= 0.6 is 12.2 Å². The highest BCUT2D eigenvalue weighted by molar-refractivity contribution is 7.71. The zero-order valence-electron chi connectivity index (χ0n) is 12.4. The summed E-state index contributed by atoms with van der Waals surface area (Å²) in [7, 11) is 0. The molecule has 5 nitrogen and oxygen atoms in total. The SMILES string of the molecule is Cc1nn(CN2CCOC(C)C2)c(=S)n1-c1ccccc1. The third-order valence-corrected chi connectivity index (χ3v) is 4.07. The van der Waals surface area contributed by atoms with Gasteiger partial charge in [0.15, 0.2) is 0 Å². The molecule has 2 heterocycles. The largest absolute Gasteiger partial charge is 0.376 e. The zero-order chi connectivity index (χ0) is 14.8. The molecule has 1 aliphatic rings. The fraction of sp³-hybridized carbons (Fsp3) is 0.467. The summed E-state index contributed by atoms with van der Waals surface area (Å²) >= 11 is 5.60. The van der Waals surface area contributed by atoms with Crippen molar-refractivity contribution in [2.75, 3.05) is 19.7 Å². The summed E-state index contributed by atoms with van der Waals surface area (Å²) in [5.41, 5.74) is 1.06. The highest BCUT2D eigenvalue weighted by Gasteiger charge is 2.18. The molecule has 0 spiro atoms. The van der Waals surface area contributed by atoms with Gasteiger partial charge < -0.3 is 4.74 Å². The van der Waals surface area contributed by atoms with Crippen LogP contribution in [-0.4, -0.2) is 45.0 Å². The van der Waals surface area contributed by atoms with E-state index in [1.807, 2.05) is 46.5 Å². The highest BCUT2D eigenvalue weighted by Crippen LogP contribution is 2.13. The molecule has 0 aliphatic carbocycles. The molecule has 3 rings (SSSR count). The molecule has 0 radical (unpaired) electrons. The van der Waals surface area contributed by atoms with E-state index in [-0.39, 0.29) is 6.10 Å². The molecule has 0 bridgehead atoms. The van der Waals surface area contributed by atoms with Crippen LogP contribution in [0.2, 0.25) is 0 Å². The standard InChI is InChI=1S/C15H20N4OS/c1-12-10-17(8-9-20-12)11-18-15(21)19(13(2)16-18)14-6-4-3-5-7-14/h3-7,12H,8-11H2,1-2H3. The number of hydrogen-bond acceptors (Lipinski definition) is 4. The lowest BCUT2D eigenvalue weighted by Crippen LogP contribution is -2.42. The monoisotopic (exact) mass is 304 g/mol. The minimum Gasteiger partial charge on any atom is -0.376 e. The Morgan fingerprint density at radius 1 is 1.33 bits per heavy atom. The highest BCUT2D eigenvalue weighted by atomic mass is 32.1. The predicted molar refractivity (Wildman–Crippen MR) is 84.1 cm³/mol. The number of aryl methyl sites for hydroxylation is 1. The van der Waals surface area contributed by atoms with Gasteiger partial charge in [0.25, 0.3) is 0 Å². The Kier molecular flexibility index (Phi) is 4.19. The van der Waals surface area contributed by atoms with Crippen molar-refractivity contribution in [1.82, 2.24) is 19.2 Å². The molecule has 1 atom stereocenters. The van der Waals surface area contributed by atoms with Gasteiger partial charge in [0.2, 0.25) is 4.77 Å². The second kappa shape index (κ2) is 6.09. The second-order valence-corrected chi connectivity index (χ2v) is 5.77. The van der Waals surface area contributed by atoms with Crippen LogP contribution in [-0.2, 0) is 11.4 Å². The minimum atomic E-state index is 0.269. The average molecular weight is 304 g/mol. The lowest BCUT2D eigenvalue weighted by molar-refractivity contribution is -0.0307. The van der Waals surface area contributed by atoms with Crippen LogP contribution in [0.3, 0.4) is 0 Å². The summed E-state index contributed by atoms with van der Waals surface area (Å²) in [5.74, 6) is 0.910. The molecule has 1 aromatic carbocycles. The van der Waals surface area contributed by atoms with Crippen molar-refractivity contribution in [3.63, 3.8) is 0 Å². The van der Waals surface area contributed by atoms with Gasteiger partial charge >= 0.3 is 0 Å². The summed E-state index contributed by atoms with van der Waals surface area (Å²) in [6.07, 6.45) is 0.269. The maximum Gasteiger partial charge on any atom is 0.203 e. The quantitative estimate of drug-likeness (QED) is 0.816. The van der Waals surface area contributed by atoms with Gasteiger partial charge in [-0.3, -0.25) is 9.47 Å². The molecule has 1 aromatic heterocycles. The van der Waals surface area contributed by atoms with Crippen LogP contribution in [0.25, 0.3) is 5.69 Å². The normalized spacial score (nSPS) is 19.8. The van der Waals surface area contributed by atoms with E-state index < -0.39 is 0 Å². The number of morpholine rings is 1. The Morgan fingerprint density at radius 2 is 2.10 bits per heavy atom. The van der Waals surface area contributed by atoms with E-state index in [0.717, 1.165) is 36.0 Å².